The molecule has 0 aliphatic carbocycles. The molecule has 146 valence electrons. The highest BCUT2D eigenvalue weighted by Gasteiger charge is 2.45. The fourth-order valence-electron chi connectivity index (χ4n) is 3.87. The van der Waals surface area contributed by atoms with E-state index in [1.54, 1.807) is 12.1 Å². The molecule has 1 aromatic rings. The average Bonchev–Trinajstić information content (AvgIpc) is 3.03. The van der Waals surface area contributed by atoms with E-state index in [4.69, 9.17) is 17.3 Å². The Balaban J connectivity index is 1.99. The first-order valence-corrected chi connectivity index (χ1v) is 9.64. The van der Waals surface area contributed by atoms with Crippen LogP contribution < -0.4 is 5.73 Å². The molecule has 2 aliphatic heterocycles. The zero-order valence-corrected chi connectivity index (χ0v) is 16.7. The maximum absolute atomic E-state index is 12.0. The van der Waals surface area contributed by atoms with Gasteiger partial charge in [-0.25, -0.2) is 4.79 Å². The van der Waals surface area contributed by atoms with E-state index in [-0.39, 0.29) is 17.9 Å². The van der Waals surface area contributed by atoms with Crippen LogP contribution in [-0.2, 0) is 4.79 Å². The molecule has 0 bridgehead atoms. The molecule has 0 saturated heterocycles. The standard InChI is InChI=1S/C20H27ClN4O2/c1-12(2)25-18(16(22)13-4-6-15(21)7-5-13)17(20(26)27)23-19(25)14-8-10-24(3)11-9-14/h4-8,12,16,18-19H,9-11,22H2,1-3H3,(H,26,27). The molecule has 0 fully saturated rings. The van der Waals surface area contributed by atoms with Gasteiger partial charge in [-0.1, -0.05) is 29.8 Å². The van der Waals surface area contributed by atoms with Crippen LogP contribution in [0.25, 0.3) is 0 Å². The van der Waals surface area contributed by atoms with Gasteiger partial charge in [-0.05, 0) is 50.6 Å². The van der Waals surface area contributed by atoms with Crippen LogP contribution in [0.3, 0.4) is 0 Å². The topological polar surface area (TPSA) is 82.2 Å². The molecule has 0 aromatic heterocycles. The summed E-state index contributed by atoms with van der Waals surface area (Å²) in [6.45, 7) is 5.92. The molecular weight excluding hydrogens is 364 g/mol. The van der Waals surface area contributed by atoms with Crippen LogP contribution in [0.5, 0.6) is 0 Å². The number of likely N-dealkylation sites (N-methyl/N-ethyl adjacent to an activating group) is 1. The zero-order valence-electron chi connectivity index (χ0n) is 16.0. The highest BCUT2D eigenvalue weighted by atomic mass is 35.5. The lowest BCUT2D eigenvalue weighted by molar-refractivity contribution is -0.129. The first-order valence-electron chi connectivity index (χ1n) is 9.26. The number of carboxylic acids is 1. The normalized spacial score (nSPS) is 25.4. The fraction of sp³-hybridized carbons (Fsp3) is 0.500. The Morgan fingerprint density at radius 1 is 1.33 bits per heavy atom. The molecule has 0 radical (unpaired) electrons. The third-order valence-corrected chi connectivity index (χ3v) is 5.59. The largest absolute Gasteiger partial charge is 0.477 e. The Labute approximate surface area is 165 Å². The predicted octanol–water partition coefficient (Wildman–Crippen LogP) is 2.55. The van der Waals surface area contributed by atoms with Gasteiger partial charge in [0.25, 0.3) is 0 Å². The van der Waals surface area contributed by atoms with Crippen LogP contribution in [0.1, 0.15) is 31.9 Å². The summed E-state index contributed by atoms with van der Waals surface area (Å²) in [4.78, 5) is 21.0. The molecule has 0 spiro atoms. The number of hydrogen-bond donors (Lipinski definition) is 2. The van der Waals surface area contributed by atoms with Crippen molar-refractivity contribution in [2.24, 2.45) is 10.7 Å². The van der Waals surface area contributed by atoms with Gasteiger partial charge in [-0.15, -0.1) is 0 Å². The highest BCUT2D eigenvalue weighted by molar-refractivity contribution is 6.38. The maximum atomic E-state index is 12.0. The number of rotatable bonds is 5. The molecule has 0 amide bonds. The summed E-state index contributed by atoms with van der Waals surface area (Å²) in [5, 5.41) is 10.4. The molecule has 27 heavy (non-hydrogen) atoms. The van der Waals surface area contributed by atoms with Crippen molar-refractivity contribution < 1.29 is 9.90 Å². The molecule has 3 unspecified atom stereocenters. The summed E-state index contributed by atoms with van der Waals surface area (Å²) in [5.41, 5.74) is 8.72. The predicted molar refractivity (Wildman–Crippen MR) is 108 cm³/mol. The smallest absolute Gasteiger partial charge is 0.351 e. The van der Waals surface area contributed by atoms with Gasteiger partial charge < -0.3 is 15.7 Å². The summed E-state index contributed by atoms with van der Waals surface area (Å²) in [7, 11) is 2.08. The van der Waals surface area contributed by atoms with Crippen LogP contribution in [0, 0.1) is 0 Å². The number of halogens is 1. The minimum atomic E-state index is -1.01. The molecule has 0 saturated carbocycles. The Morgan fingerprint density at radius 3 is 2.52 bits per heavy atom. The number of aliphatic carboxylic acids is 1. The number of carboxylic acid groups (broad SMARTS) is 1. The van der Waals surface area contributed by atoms with Gasteiger partial charge in [0.2, 0.25) is 0 Å². The third-order valence-electron chi connectivity index (χ3n) is 5.33. The van der Waals surface area contributed by atoms with Crippen molar-refractivity contribution in [1.82, 2.24) is 9.80 Å². The molecule has 6 nitrogen and oxygen atoms in total. The van der Waals surface area contributed by atoms with Crippen molar-refractivity contribution >= 4 is 23.3 Å². The average molecular weight is 391 g/mol. The Hall–Kier alpha value is -1.73. The number of hydrogen-bond acceptors (Lipinski definition) is 5. The van der Waals surface area contributed by atoms with Gasteiger partial charge in [0.05, 0.1) is 12.1 Å². The van der Waals surface area contributed by atoms with E-state index in [0.29, 0.717) is 5.02 Å². The van der Waals surface area contributed by atoms with Crippen LogP contribution in [0.15, 0.2) is 40.9 Å². The summed E-state index contributed by atoms with van der Waals surface area (Å²) in [6, 6.07) is 6.37. The lowest BCUT2D eigenvalue weighted by atomic mass is 9.94. The van der Waals surface area contributed by atoms with Crippen LogP contribution in [0.4, 0.5) is 0 Å². The lowest BCUT2D eigenvalue weighted by Crippen LogP contribution is -2.52. The minimum Gasteiger partial charge on any atom is -0.477 e. The van der Waals surface area contributed by atoms with Gasteiger partial charge in [-0.2, -0.15) is 0 Å². The number of aliphatic imine (C=N–C) groups is 1. The van der Waals surface area contributed by atoms with E-state index >= 15 is 0 Å². The zero-order chi connectivity index (χ0) is 19.7. The van der Waals surface area contributed by atoms with Crippen LogP contribution in [-0.4, -0.2) is 65.0 Å². The molecule has 3 N–H and O–H groups in total. The summed E-state index contributed by atoms with van der Waals surface area (Å²) >= 11 is 5.99. The van der Waals surface area contributed by atoms with Crippen molar-refractivity contribution in [2.75, 3.05) is 20.1 Å². The second kappa shape index (κ2) is 8.10. The Kier molecular flexibility index (Phi) is 6.01. The second-order valence-corrected chi connectivity index (χ2v) is 7.98. The van der Waals surface area contributed by atoms with Crippen LogP contribution in [0.2, 0.25) is 5.02 Å². The van der Waals surface area contributed by atoms with Gasteiger partial charge in [0.15, 0.2) is 0 Å². The number of nitrogens with zero attached hydrogens (tertiary/aromatic N) is 3. The van der Waals surface area contributed by atoms with Gasteiger partial charge >= 0.3 is 5.97 Å². The number of nitrogens with two attached hydrogens (primary N) is 1. The maximum Gasteiger partial charge on any atom is 0.351 e. The number of benzene rings is 1. The Morgan fingerprint density at radius 2 is 2.00 bits per heavy atom. The minimum absolute atomic E-state index is 0.0968. The SMILES string of the molecule is CC(C)N1C(C2=CCN(C)CC2)N=C(C(=O)O)C1C(N)c1ccc(Cl)cc1. The molecule has 2 heterocycles. The first kappa shape index (κ1) is 20.0. The molecule has 3 atom stereocenters. The van der Waals surface area contributed by atoms with Gasteiger partial charge in [0.1, 0.15) is 11.9 Å². The van der Waals surface area contributed by atoms with Crippen LogP contribution >= 0.6 is 11.6 Å². The second-order valence-electron chi connectivity index (χ2n) is 7.55. The van der Waals surface area contributed by atoms with Gasteiger partial charge in [0, 0.05) is 24.2 Å². The first-order chi connectivity index (χ1) is 12.8. The van der Waals surface area contributed by atoms with E-state index in [1.807, 2.05) is 12.1 Å². The van der Waals surface area contributed by atoms with E-state index in [1.165, 1.54) is 5.57 Å². The summed E-state index contributed by atoms with van der Waals surface area (Å²) in [6.07, 6.45) is 2.78. The van der Waals surface area contributed by atoms with Crippen molar-refractivity contribution in [3.63, 3.8) is 0 Å². The molecule has 3 rings (SSSR count). The monoisotopic (exact) mass is 390 g/mol. The highest BCUT2D eigenvalue weighted by Crippen LogP contribution is 2.34. The lowest BCUT2D eigenvalue weighted by Gasteiger charge is -2.38. The fourth-order valence-corrected chi connectivity index (χ4v) is 4.00. The quantitative estimate of drug-likeness (QED) is 0.755. The molecule has 7 heteroatoms. The third kappa shape index (κ3) is 4.09. The van der Waals surface area contributed by atoms with Gasteiger partial charge in [-0.3, -0.25) is 9.89 Å². The van der Waals surface area contributed by atoms with E-state index in [9.17, 15) is 9.90 Å². The van der Waals surface area contributed by atoms with Crippen molar-refractivity contribution in [3.8, 4) is 0 Å². The molecule has 2 aliphatic rings. The van der Waals surface area contributed by atoms with Crippen molar-refractivity contribution in [3.05, 3.63) is 46.5 Å². The summed E-state index contributed by atoms with van der Waals surface area (Å²) < 4.78 is 0. The van der Waals surface area contributed by atoms with E-state index in [0.717, 1.165) is 25.1 Å². The Bertz CT molecular complexity index is 760. The van der Waals surface area contributed by atoms with Crippen molar-refractivity contribution in [2.45, 2.75) is 44.6 Å². The summed E-state index contributed by atoms with van der Waals surface area (Å²) in [5.74, 6) is -1.01. The van der Waals surface area contributed by atoms with E-state index in [2.05, 4.69) is 41.8 Å². The van der Waals surface area contributed by atoms with E-state index < -0.39 is 18.1 Å². The number of carbonyl (C=O) groups is 1. The molecular formula is C20H27ClN4O2. The molecule has 1 aromatic carbocycles. The van der Waals surface area contributed by atoms with Crippen molar-refractivity contribution in [1.29, 1.82) is 0 Å².